The van der Waals surface area contributed by atoms with Crippen LogP contribution in [0.3, 0.4) is 0 Å². The highest BCUT2D eigenvalue weighted by Crippen LogP contribution is 2.36. The molecular weight excluding hydrogens is 412 g/mol. The van der Waals surface area contributed by atoms with Gasteiger partial charge in [0, 0.05) is 29.1 Å². The standard InChI is InChI=1S/C25H31ClN2O3/c1-18(29)31-23(20-9-5-4-6-10-20)24(30)27-22-12-14-25(15-13-22,28(2)3)17-19-8-7-11-21(26)16-19/h4-11,16,22-23H,12-15,17H2,1-3H3,(H,27,30). The zero-order chi connectivity index (χ0) is 22.4. The summed E-state index contributed by atoms with van der Waals surface area (Å²) in [5.74, 6) is -0.737. The van der Waals surface area contributed by atoms with Gasteiger partial charge in [0.2, 0.25) is 6.10 Å². The first-order chi connectivity index (χ1) is 14.8. The fourth-order valence-electron chi connectivity index (χ4n) is 4.45. The molecule has 1 fully saturated rings. The number of esters is 1. The lowest BCUT2D eigenvalue weighted by molar-refractivity contribution is -0.154. The van der Waals surface area contributed by atoms with E-state index >= 15 is 0 Å². The summed E-state index contributed by atoms with van der Waals surface area (Å²) < 4.78 is 5.34. The van der Waals surface area contributed by atoms with Gasteiger partial charge in [-0.2, -0.15) is 0 Å². The van der Waals surface area contributed by atoms with Crippen molar-refractivity contribution in [3.8, 4) is 0 Å². The number of halogens is 1. The summed E-state index contributed by atoms with van der Waals surface area (Å²) in [5, 5.41) is 3.87. The van der Waals surface area contributed by atoms with E-state index in [4.69, 9.17) is 16.3 Å². The highest BCUT2D eigenvalue weighted by Gasteiger charge is 2.38. The van der Waals surface area contributed by atoms with E-state index in [0.717, 1.165) is 37.1 Å². The third-order valence-electron chi connectivity index (χ3n) is 6.26. The summed E-state index contributed by atoms with van der Waals surface area (Å²) in [6, 6.07) is 17.2. The van der Waals surface area contributed by atoms with E-state index in [9.17, 15) is 9.59 Å². The Balaban J connectivity index is 1.65. The Hall–Kier alpha value is -2.37. The molecule has 2 aromatic carbocycles. The van der Waals surface area contributed by atoms with Gasteiger partial charge in [0.25, 0.3) is 5.91 Å². The first-order valence-electron chi connectivity index (χ1n) is 10.7. The van der Waals surface area contributed by atoms with Crippen molar-refractivity contribution < 1.29 is 14.3 Å². The Morgan fingerprint density at radius 2 is 1.81 bits per heavy atom. The number of amides is 1. The zero-order valence-electron chi connectivity index (χ0n) is 18.4. The molecule has 0 aliphatic heterocycles. The Morgan fingerprint density at radius 1 is 1.13 bits per heavy atom. The molecule has 0 radical (unpaired) electrons. The maximum Gasteiger partial charge on any atom is 0.303 e. The number of hydrogen-bond acceptors (Lipinski definition) is 4. The fraction of sp³-hybridized carbons (Fsp3) is 0.440. The van der Waals surface area contributed by atoms with Crippen molar-refractivity contribution in [2.45, 2.75) is 56.7 Å². The molecule has 0 aromatic heterocycles. The van der Waals surface area contributed by atoms with Gasteiger partial charge in [-0.15, -0.1) is 0 Å². The Bertz CT molecular complexity index is 893. The van der Waals surface area contributed by atoms with Crippen LogP contribution in [-0.4, -0.2) is 42.5 Å². The molecule has 0 bridgehead atoms. The minimum atomic E-state index is -0.925. The second-order valence-electron chi connectivity index (χ2n) is 8.61. The third kappa shape index (κ3) is 6.08. The molecule has 6 heteroatoms. The lowest BCUT2D eigenvalue weighted by Gasteiger charge is -2.45. The van der Waals surface area contributed by atoms with Gasteiger partial charge < -0.3 is 15.0 Å². The highest BCUT2D eigenvalue weighted by atomic mass is 35.5. The molecule has 1 N–H and O–H groups in total. The SMILES string of the molecule is CC(=O)OC(C(=O)NC1CCC(Cc2cccc(Cl)c2)(N(C)C)CC1)c1ccccc1. The topological polar surface area (TPSA) is 58.6 Å². The molecule has 1 aliphatic carbocycles. The van der Waals surface area contributed by atoms with Gasteiger partial charge in [-0.3, -0.25) is 9.59 Å². The van der Waals surface area contributed by atoms with Crippen molar-refractivity contribution >= 4 is 23.5 Å². The van der Waals surface area contributed by atoms with Crippen LogP contribution in [0.4, 0.5) is 0 Å². The fourth-order valence-corrected chi connectivity index (χ4v) is 4.66. The Labute approximate surface area is 189 Å². The van der Waals surface area contributed by atoms with Crippen LogP contribution in [0, 0.1) is 0 Å². The van der Waals surface area contributed by atoms with Gasteiger partial charge in [-0.05, 0) is 63.9 Å². The van der Waals surface area contributed by atoms with Gasteiger partial charge in [-0.1, -0.05) is 54.1 Å². The summed E-state index contributed by atoms with van der Waals surface area (Å²) in [6.07, 6.45) is 3.65. The normalized spacial score (nSPS) is 22.0. The van der Waals surface area contributed by atoms with E-state index in [0.29, 0.717) is 5.56 Å². The van der Waals surface area contributed by atoms with E-state index in [-0.39, 0.29) is 17.5 Å². The molecule has 0 spiro atoms. The van der Waals surface area contributed by atoms with Crippen molar-refractivity contribution in [1.29, 1.82) is 0 Å². The number of nitrogens with one attached hydrogen (secondary N) is 1. The van der Waals surface area contributed by atoms with Crippen LogP contribution in [0.25, 0.3) is 0 Å². The largest absolute Gasteiger partial charge is 0.447 e. The van der Waals surface area contributed by atoms with Crippen LogP contribution in [0.5, 0.6) is 0 Å². The van der Waals surface area contributed by atoms with Gasteiger partial charge in [0.05, 0.1) is 0 Å². The molecule has 1 amide bonds. The summed E-state index contributed by atoms with van der Waals surface area (Å²) >= 11 is 6.19. The van der Waals surface area contributed by atoms with Gasteiger partial charge in [-0.25, -0.2) is 0 Å². The van der Waals surface area contributed by atoms with Crippen molar-refractivity contribution in [1.82, 2.24) is 10.2 Å². The first-order valence-corrected chi connectivity index (χ1v) is 11.1. The predicted octanol–water partition coefficient (Wildman–Crippen LogP) is 4.55. The number of hydrogen-bond donors (Lipinski definition) is 1. The van der Waals surface area contributed by atoms with Crippen LogP contribution >= 0.6 is 11.6 Å². The second kappa shape index (κ2) is 10.3. The number of benzene rings is 2. The van der Waals surface area contributed by atoms with Crippen LogP contribution < -0.4 is 5.32 Å². The maximum atomic E-state index is 13.0. The average Bonchev–Trinajstić information content (AvgIpc) is 2.74. The minimum absolute atomic E-state index is 0.0284. The van der Waals surface area contributed by atoms with E-state index < -0.39 is 12.1 Å². The highest BCUT2D eigenvalue weighted by molar-refractivity contribution is 6.30. The van der Waals surface area contributed by atoms with E-state index in [2.05, 4.69) is 30.4 Å². The van der Waals surface area contributed by atoms with Crippen molar-refractivity contribution in [3.63, 3.8) is 0 Å². The summed E-state index contributed by atoms with van der Waals surface area (Å²) in [7, 11) is 4.24. The van der Waals surface area contributed by atoms with E-state index in [1.165, 1.54) is 12.5 Å². The minimum Gasteiger partial charge on any atom is -0.447 e. The molecule has 166 valence electrons. The molecule has 1 aliphatic rings. The summed E-state index contributed by atoms with van der Waals surface area (Å²) in [6.45, 7) is 1.32. The number of nitrogens with zero attached hydrogens (tertiary/aromatic N) is 1. The lowest BCUT2D eigenvalue weighted by Crippen LogP contribution is -2.52. The van der Waals surface area contributed by atoms with Gasteiger partial charge >= 0.3 is 5.97 Å². The molecular formula is C25H31ClN2O3. The smallest absolute Gasteiger partial charge is 0.303 e. The van der Waals surface area contributed by atoms with E-state index in [1.807, 2.05) is 36.4 Å². The second-order valence-corrected chi connectivity index (χ2v) is 9.04. The number of likely N-dealkylation sites (N-methyl/N-ethyl adjacent to an activating group) is 1. The third-order valence-corrected chi connectivity index (χ3v) is 6.49. The summed E-state index contributed by atoms with van der Waals surface area (Å²) in [4.78, 5) is 26.8. The van der Waals surface area contributed by atoms with Crippen molar-refractivity contribution in [2.75, 3.05) is 14.1 Å². The van der Waals surface area contributed by atoms with Crippen molar-refractivity contribution in [2.24, 2.45) is 0 Å². The molecule has 3 rings (SSSR count). The molecule has 0 saturated heterocycles. The quantitative estimate of drug-likeness (QED) is 0.639. The van der Waals surface area contributed by atoms with Gasteiger partial charge in [0.15, 0.2) is 0 Å². The zero-order valence-corrected chi connectivity index (χ0v) is 19.2. The Morgan fingerprint density at radius 3 is 2.39 bits per heavy atom. The monoisotopic (exact) mass is 442 g/mol. The maximum absolute atomic E-state index is 13.0. The summed E-state index contributed by atoms with van der Waals surface area (Å²) in [5.41, 5.74) is 1.93. The van der Waals surface area contributed by atoms with Crippen LogP contribution in [0.2, 0.25) is 5.02 Å². The predicted molar refractivity (Wildman–Crippen MR) is 123 cm³/mol. The number of carbonyl (C=O) groups excluding carboxylic acids is 2. The molecule has 0 heterocycles. The number of carbonyl (C=O) groups is 2. The molecule has 31 heavy (non-hydrogen) atoms. The average molecular weight is 443 g/mol. The number of rotatable bonds is 7. The van der Waals surface area contributed by atoms with Gasteiger partial charge in [0.1, 0.15) is 0 Å². The van der Waals surface area contributed by atoms with Crippen LogP contribution in [0.15, 0.2) is 54.6 Å². The molecule has 5 nitrogen and oxygen atoms in total. The van der Waals surface area contributed by atoms with Crippen LogP contribution in [0.1, 0.15) is 49.8 Å². The van der Waals surface area contributed by atoms with Crippen molar-refractivity contribution in [3.05, 3.63) is 70.7 Å². The van der Waals surface area contributed by atoms with E-state index in [1.54, 1.807) is 12.1 Å². The Kier molecular flexibility index (Phi) is 7.74. The molecule has 1 unspecified atom stereocenters. The number of ether oxygens (including phenoxy) is 1. The molecule has 1 saturated carbocycles. The first kappa shape index (κ1) is 23.3. The molecule has 2 aromatic rings. The molecule has 1 atom stereocenters. The lowest BCUT2D eigenvalue weighted by atomic mass is 9.74. The van der Waals surface area contributed by atoms with Crippen LogP contribution in [-0.2, 0) is 20.7 Å².